The van der Waals surface area contributed by atoms with Crippen LogP contribution in [0.1, 0.15) is 101 Å². The molecule has 4 heterocycles. The average molecular weight is 1090 g/mol. The van der Waals surface area contributed by atoms with Gasteiger partial charge in [0.1, 0.15) is 12.1 Å². The predicted molar refractivity (Wildman–Crippen MR) is 294 cm³/mol. The van der Waals surface area contributed by atoms with E-state index < -0.39 is 41.3 Å². The monoisotopic (exact) mass is 1090 g/mol. The number of aliphatic hydroxyl groups excluding tert-OH is 1. The number of aromatic amines is 1. The number of rotatable bonds is 25. The third kappa shape index (κ3) is 16.0. The summed E-state index contributed by atoms with van der Waals surface area (Å²) in [4.78, 5) is 90.6. The topological polar surface area (TPSA) is 262 Å². The highest BCUT2D eigenvalue weighted by atomic mass is 32.1. The summed E-state index contributed by atoms with van der Waals surface area (Å²) in [6, 6.07) is 21.3. The van der Waals surface area contributed by atoms with Gasteiger partial charge in [0.2, 0.25) is 17.7 Å². The average Bonchev–Trinajstić information content (AvgIpc) is 4.31. The Kier molecular flexibility index (Phi) is 20.7. The highest BCUT2D eigenvalue weighted by Crippen LogP contribution is 2.31. The zero-order valence-corrected chi connectivity index (χ0v) is 46.2. The lowest BCUT2D eigenvalue weighted by Gasteiger charge is -2.35. The van der Waals surface area contributed by atoms with Gasteiger partial charge in [-0.2, -0.15) is 5.10 Å². The molecule has 0 radical (unpaired) electrons. The van der Waals surface area contributed by atoms with Gasteiger partial charge >= 0.3 is 6.03 Å². The van der Waals surface area contributed by atoms with Crippen molar-refractivity contribution in [2.75, 3.05) is 78.7 Å². The number of anilines is 1. The van der Waals surface area contributed by atoms with Crippen LogP contribution >= 0.6 is 11.3 Å². The number of H-pyrrole nitrogens is 1. The van der Waals surface area contributed by atoms with Crippen molar-refractivity contribution in [3.63, 3.8) is 0 Å². The first-order valence-electron chi connectivity index (χ1n) is 26.2. The molecule has 5 aromatic rings. The number of fused-ring (bicyclic) bond motifs is 1. The number of carbonyl (C=O) groups is 6. The zero-order chi connectivity index (χ0) is 55.9. The van der Waals surface area contributed by atoms with Crippen molar-refractivity contribution in [1.29, 1.82) is 0 Å². The van der Waals surface area contributed by atoms with E-state index in [9.17, 15) is 33.9 Å². The Bertz CT molecular complexity index is 2820. The first-order valence-corrected chi connectivity index (χ1v) is 27.1. The molecule has 22 heteroatoms. The minimum absolute atomic E-state index is 0.00960. The van der Waals surface area contributed by atoms with Gasteiger partial charge in [-0.05, 0) is 74.3 Å². The number of nitrogens with zero attached hydrogens (tertiary/aromatic N) is 5. The van der Waals surface area contributed by atoms with Crippen LogP contribution < -0.4 is 26.6 Å². The molecule has 0 saturated carbocycles. The molecule has 5 atom stereocenters. The number of ether oxygens (including phenoxy) is 3. The van der Waals surface area contributed by atoms with Crippen molar-refractivity contribution in [1.82, 2.24) is 51.1 Å². The van der Waals surface area contributed by atoms with Gasteiger partial charge < -0.3 is 60.6 Å². The molecule has 7 N–H and O–H groups in total. The van der Waals surface area contributed by atoms with Crippen LogP contribution in [0.2, 0.25) is 0 Å². The summed E-state index contributed by atoms with van der Waals surface area (Å²) < 4.78 is 16.8. The number of hydrogen-bond donors (Lipinski definition) is 7. The summed E-state index contributed by atoms with van der Waals surface area (Å²) >= 11 is 1.57. The number of nitrogens with one attached hydrogen (secondary N) is 6. The molecule has 418 valence electrons. The first-order chi connectivity index (χ1) is 37.4. The third-order valence-corrected chi connectivity index (χ3v) is 14.4. The predicted octanol–water partition coefficient (Wildman–Crippen LogP) is 4.96. The molecule has 7 rings (SSSR count). The van der Waals surface area contributed by atoms with Crippen molar-refractivity contribution in [2.45, 2.75) is 90.8 Å². The minimum Gasteiger partial charge on any atom is -0.391 e. The fourth-order valence-electron chi connectivity index (χ4n) is 9.16. The van der Waals surface area contributed by atoms with E-state index in [-0.39, 0.29) is 102 Å². The number of aliphatic hydroxyl groups is 1. The number of urea groups is 1. The largest absolute Gasteiger partial charge is 0.391 e. The van der Waals surface area contributed by atoms with E-state index in [0.29, 0.717) is 30.0 Å². The first kappa shape index (κ1) is 58.6. The van der Waals surface area contributed by atoms with Gasteiger partial charge in [-0.15, -0.1) is 11.3 Å². The molecule has 3 aromatic carbocycles. The number of aromatic nitrogens is 3. The van der Waals surface area contributed by atoms with Gasteiger partial charge in [0.15, 0.2) is 5.82 Å². The van der Waals surface area contributed by atoms with Gasteiger partial charge in [-0.1, -0.05) is 75.4 Å². The van der Waals surface area contributed by atoms with Crippen molar-refractivity contribution in [3.8, 4) is 10.4 Å². The number of aryl methyl sites for hydroxylation is 1. The summed E-state index contributed by atoms with van der Waals surface area (Å²) in [5.74, 6) is -1.62. The maximum atomic E-state index is 14.0. The molecule has 2 aliphatic rings. The van der Waals surface area contributed by atoms with Gasteiger partial charge in [0.05, 0.1) is 92.7 Å². The van der Waals surface area contributed by atoms with E-state index in [4.69, 9.17) is 14.2 Å². The molecule has 78 heavy (non-hydrogen) atoms. The number of amides is 7. The van der Waals surface area contributed by atoms with Crippen molar-refractivity contribution >= 4 is 52.7 Å². The number of likely N-dealkylation sites (tertiary alicyclic amines) is 1. The molecule has 2 aromatic heterocycles. The molecule has 1 saturated heterocycles. The molecule has 0 bridgehead atoms. The Hall–Kier alpha value is -7.08. The van der Waals surface area contributed by atoms with Gasteiger partial charge in [0.25, 0.3) is 11.8 Å². The number of likely N-dealkylation sites (N-methyl/N-ethyl adjacent to an activating group) is 1. The molecule has 1 fully saturated rings. The van der Waals surface area contributed by atoms with E-state index in [1.807, 2.05) is 114 Å². The Balaban J connectivity index is 0.736. The lowest BCUT2D eigenvalue weighted by atomic mass is 9.85. The van der Waals surface area contributed by atoms with Crippen LogP contribution in [-0.2, 0) is 41.7 Å². The summed E-state index contributed by atoms with van der Waals surface area (Å²) in [7, 11) is 3.91. The van der Waals surface area contributed by atoms with Crippen LogP contribution in [-0.4, -0.2) is 162 Å². The standard InChI is InChI=1S/C56H73N11O10S/c1-35(37-13-15-39(16-14-37)48-36(2)58-34-78-48)59-53(72)46-29-42(68)30-67(46)54(73)49(56(3,4)5)61-47(69)21-23-75-25-27-77-28-26-76-24-22-57-51(70)40-17-19-41(20-18-40)52(71)62-50-43-31-66(33-45(43)63-64-50)55(74)60-44(32-65(6)7)38-11-9-8-10-12-38/h8-20,34-35,42,44,46,49,68H,21-33H2,1-7H3,(H,57,70)(H,59,72)(H,60,74)(H,61,69)(H2,62,63,64,71)/t35-,42+,44+,46-,49+/m0/s1. The quantitative estimate of drug-likeness (QED) is 0.0382. The summed E-state index contributed by atoms with van der Waals surface area (Å²) in [6.45, 7) is 12.1. The van der Waals surface area contributed by atoms with E-state index in [1.165, 1.54) is 4.90 Å². The fourth-order valence-corrected chi connectivity index (χ4v) is 9.97. The number of carbonyl (C=O) groups excluding carboxylic acids is 6. The van der Waals surface area contributed by atoms with Gasteiger partial charge in [-0.25, -0.2) is 9.78 Å². The number of thiazole rings is 1. The highest BCUT2D eigenvalue weighted by molar-refractivity contribution is 7.13. The van der Waals surface area contributed by atoms with Crippen LogP contribution in [0.4, 0.5) is 10.6 Å². The van der Waals surface area contributed by atoms with Crippen LogP contribution in [0.5, 0.6) is 0 Å². The highest BCUT2D eigenvalue weighted by Gasteiger charge is 2.45. The van der Waals surface area contributed by atoms with E-state index in [0.717, 1.165) is 38.5 Å². The molecular formula is C56H73N11O10S. The Labute approximate surface area is 459 Å². The lowest BCUT2D eigenvalue weighted by molar-refractivity contribution is -0.144. The summed E-state index contributed by atoms with van der Waals surface area (Å²) in [5.41, 5.74) is 7.15. The third-order valence-electron chi connectivity index (χ3n) is 13.4. The van der Waals surface area contributed by atoms with Crippen molar-refractivity contribution in [3.05, 3.63) is 124 Å². The molecule has 2 aliphatic heterocycles. The van der Waals surface area contributed by atoms with E-state index >= 15 is 0 Å². The fraction of sp³-hybridized carbons (Fsp3) is 0.464. The maximum absolute atomic E-state index is 14.0. The number of benzene rings is 3. The Morgan fingerprint density at radius 3 is 2.12 bits per heavy atom. The van der Waals surface area contributed by atoms with Gasteiger partial charge in [-0.3, -0.25) is 29.1 Å². The second-order valence-corrected chi connectivity index (χ2v) is 21.7. The molecule has 0 spiro atoms. The molecular weight excluding hydrogens is 1020 g/mol. The summed E-state index contributed by atoms with van der Waals surface area (Å²) in [6.07, 6.45) is -0.819. The molecule has 21 nitrogen and oxygen atoms in total. The normalized spacial score (nSPS) is 16.3. The lowest BCUT2D eigenvalue weighted by Crippen LogP contribution is -2.58. The smallest absolute Gasteiger partial charge is 0.318 e. The Morgan fingerprint density at radius 2 is 1.47 bits per heavy atom. The van der Waals surface area contributed by atoms with Gasteiger partial charge in [0, 0.05) is 49.2 Å². The Morgan fingerprint density at radius 1 is 0.821 bits per heavy atom. The van der Waals surface area contributed by atoms with Crippen LogP contribution in [0, 0.1) is 12.3 Å². The second-order valence-electron chi connectivity index (χ2n) is 20.8. The second kappa shape index (κ2) is 27.5. The zero-order valence-electron chi connectivity index (χ0n) is 45.4. The summed E-state index contributed by atoms with van der Waals surface area (Å²) in [5, 5.41) is 32.5. The molecule has 7 amide bonds. The number of hydrogen-bond acceptors (Lipinski definition) is 14. The van der Waals surface area contributed by atoms with Crippen LogP contribution in [0.3, 0.4) is 0 Å². The molecule has 0 aliphatic carbocycles. The SMILES string of the molecule is Cc1ncsc1-c1ccc([C@H](C)NC(=O)[C@@H]2C[C@@H](O)CN2C(=O)[C@@H](NC(=O)CCOCCOCCOCCNC(=O)c2ccc(C(=O)Nc3n[nH]c4c3CN(C(=O)N[C@H](CN(C)C)c3ccccc3)C4)cc2)C(C)(C)C)cc1. The number of β-amino-alcohol motifs (C(OH)–C–C–N with tert-alkyl or cyclic N) is 1. The van der Waals surface area contributed by atoms with E-state index in [2.05, 4.69) is 41.8 Å². The van der Waals surface area contributed by atoms with Crippen LogP contribution in [0.25, 0.3) is 10.4 Å². The van der Waals surface area contributed by atoms with E-state index in [1.54, 1.807) is 40.5 Å². The van der Waals surface area contributed by atoms with Crippen LogP contribution in [0.15, 0.2) is 84.4 Å². The van der Waals surface area contributed by atoms with Crippen molar-refractivity contribution in [2.24, 2.45) is 5.41 Å². The molecule has 0 unspecified atom stereocenters. The van der Waals surface area contributed by atoms with Crippen molar-refractivity contribution < 1.29 is 48.1 Å². The maximum Gasteiger partial charge on any atom is 0.318 e. The minimum atomic E-state index is -0.962.